The monoisotopic (exact) mass is 403 g/mol. The lowest BCUT2D eigenvalue weighted by Crippen LogP contribution is -2.52. The van der Waals surface area contributed by atoms with Crippen molar-refractivity contribution in [3.8, 4) is 5.95 Å². The number of pyridine rings is 1. The van der Waals surface area contributed by atoms with Crippen molar-refractivity contribution in [2.45, 2.75) is 25.9 Å². The summed E-state index contributed by atoms with van der Waals surface area (Å²) in [6, 6.07) is 2.78. The molecule has 0 atom stereocenters. The summed E-state index contributed by atoms with van der Waals surface area (Å²) in [5.41, 5.74) is 0.128. The minimum atomic E-state index is -3.12. The van der Waals surface area contributed by atoms with Crippen LogP contribution in [-0.4, -0.2) is 56.9 Å². The fourth-order valence-corrected chi connectivity index (χ4v) is 3.08. The Balaban J connectivity index is 1.84. The molecular formula is C18H19F2N7O2. The number of hydrogen-bond acceptors (Lipinski definition) is 7. The minimum Gasteiger partial charge on any atom is -0.378 e. The van der Waals surface area contributed by atoms with Gasteiger partial charge >= 0.3 is 0 Å². The number of carbonyl (C=O) groups is 1. The molecule has 3 aromatic rings. The third kappa shape index (κ3) is 3.60. The summed E-state index contributed by atoms with van der Waals surface area (Å²) in [5.74, 6) is -2.46. The molecule has 1 aliphatic heterocycles. The number of ether oxygens (including phenoxy) is 1. The fraction of sp³-hybridized carbons (Fsp3) is 0.389. The number of hydrogen-bond donors (Lipinski definition) is 1. The molecule has 9 nitrogen and oxygen atoms in total. The van der Waals surface area contributed by atoms with Gasteiger partial charge in [0, 0.05) is 52.5 Å². The zero-order valence-corrected chi connectivity index (χ0v) is 16.1. The number of halogens is 2. The van der Waals surface area contributed by atoms with E-state index in [2.05, 4.69) is 25.4 Å². The van der Waals surface area contributed by atoms with Crippen LogP contribution in [0.2, 0.25) is 0 Å². The van der Waals surface area contributed by atoms with Crippen molar-refractivity contribution in [3.05, 3.63) is 30.2 Å². The minimum absolute atomic E-state index is 0.00376. The van der Waals surface area contributed by atoms with Crippen LogP contribution in [0.5, 0.6) is 0 Å². The van der Waals surface area contributed by atoms with Crippen molar-refractivity contribution in [1.82, 2.24) is 24.7 Å². The average Bonchev–Trinajstić information content (AvgIpc) is 2.98. The highest BCUT2D eigenvalue weighted by molar-refractivity contribution is 5.95. The topological polar surface area (TPSA) is 98.1 Å². The molecule has 0 spiro atoms. The molecule has 3 aromatic heterocycles. The van der Waals surface area contributed by atoms with Crippen molar-refractivity contribution in [1.29, 1.82) is 0 Å². The number of rotatable bonds is 5. The summed E-state index contributed by atoms with van der Waals surface area (Å²) >= 11 is 0. The third-order valence-electron chi connectivity index (χ3n) is 4.61. The number of fused-ring (bicyclic) bond motifs is 1. The Kier molecular flexibility index (Phi) is 4.61. The highest BCUT2D eigenvalue weighted by Crippen LogP contribution is 2.32. The van der Waals surface area contributed by atoms with E-state index in [0.717, 1.165) is 6.92 Å². The Hall–Kier alpha value is -3.21. The van der Waals surface area contributed by atoms with Gasteiger partial charge in [0.15, 0.2) is 5.82 Å². The van der Waals surface area contributed by atoms with Gasteiger partial charge in [-0.15, -0.1) is 5.10 Å². The second-order valence-corrected chi connectivity index (χ2v) is 6.90. The molecule has 0 aromatic carbocycles. The van der Waals surface area contributed by atoms with Crippen LogP contribution in [0.25, 0.3) is 16.9 Å². The number of anilines is 2. The number of methoxy groups -OCH3 is 1. The molecule has 0 radical (unpaired) electrons. The Labute approximate surface area is 164 Å². The molecule has 1 aliphatic rings. The molecule has 29 heavy (non-hydrogen) atoms. The van der Waals surface area contributed by atoms with Crippen LogP contribution in [0.15, 0.2) is 24.5 Å². The summed E-state index contributed by atoms with van der Waals surface area (Å²) in [4.78, 5) is 25.7. The van der Waals surface area contributed by atoms with E-state index in [4.69, 9.17) is 4.74 Å². The van der Waals surface area contributed by atoms with Crippen LogP contribution in [0.1, 0.15) is 19.5 Å². The van der Waals surface area contributed by atoms with Crippen molar-refractivity contribution < 1.29 is 18.3 Å². The maximum Gasteiger partial charge on any atom is 0.287 e. The van der Waals surface area contributed by atoms with Gasteiger partial charge in [0.1, 0.15) is 11.5 Å². The van der Waals surface area contributed by atoms with Crippen LogP contribution in [0.3, 0.4) is 0 Å². The van der Waals surface area contributed by atoms with E-state index in [0.29, 0.717) is 35.6 Å². The maximum atomic E-state index is 13.8. The van der Waals surface area contributed by atoms with E-state index in [-0.39, 0.29) is 18.0 Å². The summed E-state index contributed by atoms with van der Waals surface area (Å²) in [6.45, 7) is 3.43. The smallest absolute Gasteiger partial charge is 0.287 e. The van der Waals surface area contributed by atoms with E-state index in [1.165, 1.54) is 23.9 Å². The normalized spacial score (nSPS) is 14.9. The Bertz CT molecular complexity index is 1070. The average molecular weight is 403 g/mol. The van der Waals surface area contributed by atoms with Gasteiger partial charge in [-0.2, -0.15) is 13.5 Å². The Morgan fingerprint density at radius 1 is 1.34 bits per heavy atom. The maximum absolute atomic E-state index is 13.8. The number of alkyl halides is 2. The summed E-state index contributed by atoms with van der Waals surface area (Å²) in [7, 11) is 1.64. The molecule has 0 bridgehead atoms. The quantitative estimate of drug-likeness (QED) is 0.697. The molecule has 1 amide bonds. The molecule has 1 N–H and O–H groups in total. The third-order valence-corrected chi connectivity index (χ3v) is 4.61. The number of nitrogens with one attached hydrogen (secondary N) is 1. The first-order valence-corrected chi connectivity index (χ1v) is 8.92. The molecular weight excluding hydrogens is 384 g/mol. The van der Waals surface area contributed by atoms with Gasteiger partial charge < -0.3 is 15.0 Å². The molecule has 4 rings (SSSR count). The van der Waals surface area contributed by atoms with E-state index in [9.17, 15) is 13.6 Å². The first-order valence-electron chi connectivity index (χ1n) is 8.92. The van der Waals surface area contributed by atoms with Crippen molar-refractivity contribution in [2.75, 3.05) is 30.4 Å². The predicted molar refractivity (Wildman–Crippen MR) is 101 cm³/mol. The largest absolute Gasteiger partial charge is 0.378 e. The second-order valence-electron chi connectivity index (χ2n) is 6.90. The SMILES string of the molecule is COC1CN(c2nn(-c3nccc(C(C)(F)F)n3)c3cc(NC(C)=O)ncc23)C1. The van der Waals surface area contributed by atoms with Gasteiger partial charge in [-0.3, -0.25) is 4.79 Å². The number of amides is 1. The summed E-state index contributed by atoms with van der Waals surface area (Å²) in [5, 5.41) is 7.85. The van der Waals surface area contributed by atoms with Gasteiger partial charge in [0.2, 0.25) is 5.91 Å². The highest BCUT2D eigenvalue weighted by atomic mass is 19.3. The molecule has 152 valence electrons. The van der Waals surface area contributed by atoms with Crippen molar-refractivity contribution >= 4 is 28.4 Å². The molecule has 11 heteroatoms. The van der Waals surface area contributed by atoms with E-state index < -0.39 is 11.6 Å². The number of carbonyl (C=O) groups excluding carboxylic acids is 1. The van der Waals surface area contributed by atoms with E-state index >= 15 is 0 Å². The van der Waals surface area contributed by atoms with Gasteiger partial charge in [0.05, 0.1) is 17.0 Å². The molecule has 1 fully saturated rings. The van der Waals surface area contributed by atoms with Gasteiger partial charge in [0.25, 0.3) is 11.9 Å². The van der Waals surface area contributed by atoms with Gasteiger partial charge in [-0.05, 0) is 6.07 Å². The molecule has 4 heterocycles. The zero-order chi connectivity index (χ0) is 20.8. The Morgan fingerprint density at radius 3 is 2.76 bits per heavy atom. The van der Waals surface area contributed by atoms with Crippen LogP contribution in [0, 0.1) is 0 Å². The number of nitrogens with zero attached hydrogens (tertiary/aromatic N) is 6. The molecule has 0 unspecified atom stereocenters. The van der Waals surface area contributed by atoms with Crippen molar-refractivity contribution in [3.63, 3.8) is 0 Å². The van der Waals surface area contributed by atoms with Crippen LogP contribution in [0.4, 0.5) is 20.4 Å². The lowest BCUT2D eigenvalue weighted by atomic mass is 10.1. The zero-order valence-electron chi connectivity index (χ0n) is 16.1. The van der Waals surface area contributed by atoms with Crippen LogP contribution in [-0.2, 0) is 15.5 Å². The highest BCUT2D eigenvalue weighted by Gasteiger charge is 2.32. The predicted octanol–water partition coefficient (Wildman–Crippen LogP) is 2.12. The van der Waals surface area contributed by atoms with Crippen LogP contribution < -0.4 is 10.2 Å². The van der Waals surface area contributed by atoms with Gasteiger partial charge in [-0.1, -0.05) is 0 Å². The molecule has 0 aliphatic carbocycles. The lowest BCUT2D eigenvalue weighted by Gasteiger charge is -2.38. The standard InChI is InChI=1S/C18H19F2N7O2/c1-10(28)23-15-6-13-12(7-22-15)16(26-8-11(9-26)29-3)25-27(13)17-21-5-4-14(24-17)18(2,19)20/h4-7,11H,8-9H2,1-3H3,(H,22,23,28). The first kappa shape index (κ1) is 19.1. The number of aromatic nitrogens is 5. The van der Waals surface area contributed by atoms with E-state index in [1.54, 1.807) is 19.4 Å². The summed E-state index contributed by atoms with van der Waals surface area (Å²) in [6.07, 6.45) is 2.95. The summed E-state index contributed by atoms with van der Waals surface area (Å²) < 4.78 is 34.2. The molecule has 0 saturated carbocycles. The van der Waals surface area contributed by atoms with Gasteiger partial charge in [-0.25, -0.2) is 15.0 Å². The lowest BCUT2D eigenvalue weighted by molar-refractivity contribution is -0.114. The van der Waals surface area contributed by atoms with Crippen molar-refractivity contribution in [2.24, 2.45) is 0 Å². The van der Waals surface area contributed by atoms with Crippen LogP contribution >= 0.6 is 0 Å². The second kappa shape index (κ2) is 6.99. The molecule has 1 saturated heterocycles. The fourth-order valence-electron chi connectivity index (χ4n) is 3.08. The van der Waals surface area contributed by atoms with E-state index in [1.807, 2.05) is 4.90 Å². The first-order chi connectivity index (χ1) is 13.8. The Morgan fingerprint density at radius 2 is 2.10 bits per heavy atom.